The van der Waals surface area contributed by atoms with Crippen molar-refractivity contribution in [3.8, 4) is 0 Å². The van der Waals surface area contributed by atoms with Gasteiger partial charge in [0.2, 0.25) is 10.3 Å². The first-order valence-corrected chi connectivity index (χ1v) is 8.78. The molecular weight excluding hydrogens is 373 g/mol. The van der Waals surface area contributed by atoms with Crippen molar-refractivity contribution in [3.05, 3.63) is 24.3 Å². The Hall–Kier alpha value is -1.08. The van der Waals surface area contributed by atoms with Crippen molar-refractivity contribution in [3.63, 3.8) is 0 Å². The smallest absolute Gasteiger partial charge is 0.728 e. The third-order valence-corrected chi connectivity index (χ3v) is 3.19. The van der Waals surface area contributed by atoms with Gasteiger partial charge < -0.3 is 26.0 Å². The van der Waals surface area contributed by atoms with Crippen LogP contribution in [0.1, 0.15) is 19.3 Å². The maximum absolute atomic E-state index is 10.2. The van der Waals surface area contributed by atoms with E-state index in [4.69, 9.17) is 16.6 Å². The van der Waals surface area contributed by atoms with E-state index in [0.717, 1.165) is 18.5 Å². The second kappa shape index (κ2) is 14.0. The van der Waals surface area contributed by atoms with Gasteiger partial charge in [0.25, 0.3) is 0 Å². The van der Waals surface area contributed by atoms with E-state index in [1.165, 1.54) is 0 Å². The van der Waals surface area contributed by atoms with Crippen LogP contribution in [0, 0.1) is 0 Å². The first kappa shape index (κ1) is 27.1. The number of unbranched alkanes of at least 4 members (excludes halogenated alkanes) is 1. The van der Waals surface area contributed by atoms with Gasteiger partial charge in [-0.2, -0.15) is 0 Å². The zero-order valence-corrected chi connectivity index (χ0v) is 18.0. The first-order chi connectivity index (χ1) is 11.6. The second-order valence-corrected chi connectivity index (χ2v) is 6.27. The van der Waals surface area contributed by atoms with Crippen LogP contribution in [0.4, 0.5) is 11.4 Å². The third-order valence-electron chi connectivity index (χ3n) is 2.91. The normalized spacial score (nSPS) is 11.9. The minimum Gasteiger partial charge on any atom is -0.728 e. The maximum atomic E-state index is 10.2. The molecule has 1 atom stereocenters. The molecule has 5 N–H and O–H groups in total. The molecule has 0 bridgehead atoms. The summed E-state index contributed by atoms with van der Waals surface area (Å²) in [7, 11) is -0.904. The standard InChI is InChI=1S/C8H11N3O3S.C6H14N2O2.Na/c1-11(2)8-5-3-7(4-6-8)9-10-15(12,13)14;7-4-2-1-3-5(8)6(9)10;/h3-6H,1-2H3,(H,12,13,14);5H,1-4,7-8H2,(H,9,10);/q;;+1/p-1/t;5-;/m.0./s1. The minimum absolute atomic E-state index is 0. The Morgan fingerprint density at radius 3 is 2.19 bits per heavy atom. The third kappa shape index (κ3) is 14.1. The zero-order valence-electron chi connectivity index (χ0n) is 15.2. The number of carbonyl (C=O) groups is 1. The number of anilines is 1. The van der Waals surface area contributed by atoms with Crippen molar-refractivity contribution in [1.29, 1.82) is 0 Å². The Kier molecular flexibility index (Phi) is 14.7. The summed E-state index contributed by atoms with van der Waals surface area (Å²) in [6.45, 7) is 0.604. The predicted octanol–water partition coefficient (Wildman–Crippen LogP) is -2.17. The monoisotopic (exact) mass is 397 g/mol. The molecular formula is C14H24N5NaO5S. The van der Waals surface area contributed by atoms with Crippen molar-refractivity contribution >= 4 is 27.6 Å². The predicted molar refractivity (Wildman–Crippen MR) is 93.5 cm³/mol. The summed E-state index contributed by atoms with van der Waals surface area (Å²) in [6.07, 6.45) is 2.16. The van der Waals surface area contributed by atoms with Crippen LogP contribution in [0.5, 0.6) is 0 Å². The van der Waals surface area contributed by atoms with Crippen LogP contribution in [-0.4, -0.2) is 50.7 Å². The molecule has 0 fully saturated rings. The number of nitrogens with two attached hydrogens (primary N) is 2. The van der Waals surface area contributed by atoms with E-state index in [-0.39, 0.29) is 29.6 Å². The fourth-order valence-electron chi connectivity index (χ4n) is 1.55. The summed E-state index contributed by atoms with van der Waals surface area (Å²) in [5, 5.41) is 11.6. The van der Waals surface area contributed by atoms with Gasteiger partial charge in [-0.05, 0) is 43.7 Å². The number of benzene rings is 1. The van der Waals surface area contributed by atoms with Gasteiger partial charge in [0.1, 0.15) is 6.04 Å². The molecule has 1 aromatic carbocycles. The van der Waals surface area contributed by atoms with Gasteiger partial charge in [-0.25, -0.2) is 8.42 Å². The first-order valence-electron chi connectivity index (χ1n) is 7.41. The average molecular weight is 397 g/mol. The molecule has 0 aliphatic carbocycles. The van der Waals surface area contributed by atoms with Crippen molar-refractivity contribution in [2.75, 3.05) is 25.5 Å². The number of carboxylic acid groups (broad SMARTS) is 1. The number of hydrogen-bond donors (Lipinski definition) is 3. The summed E-state index contributed by atoms with van der Waals surface area (Å²) in [4.78, 5) is 12.0. The Bertz CT molecular complexity index is 652. The zero-order chi connectivity index (χ0) is 19.5. The fourth-order valence-corrected chi connectivity index (χ4v) is 1.74. The second-order valence-electron chi connectivity index (χ2n) is 5.25. The number of hydrogen-bond acceptors (Lipinski definition) is 8. The summed E-state index contributed by atoms with van der Waals surface area (Å²) >= 11 is 0. The molecule has 0 saturated heterocycles. The Balaban J connectivity index is 0. The molecule has 142 valence electrons. The van der Waals surface area contributed by atoms with Crippen LogP contribution >= 0.6 is 0 Å². The van der Waals surface area contributed by atoms with Crippen molar-refractivity contribution in [2.24, 2.45) is 21.1 Å². The van der Waals surface area contributed by atoms with Gasteiger partial charge in [-0.15, -0.1) is 5.11 Å². The molecule has 12 heteroatoms. The van der Waals surface area contributed by atoms with Gasteiger partial charge in [0.05, 0.1) is 5.69 Å². The van der Waals surface area contributed by atoms with Gasteiger partial charge in [0.15, 0.2) is 0 Å². The molecule has 0 aliphatic rings. The molecule has 1 rings (SSSR count). The molecule has 0 heterocycles. The number of carboxylic acids is 1. The molecule has 0 unspecified atom stereocenters. The number of nitrogens with zero attached hydrogens (tertiary/aromatic N) is 3. The molecule has 0 spiro atoms. The van der Waals surface area contributed by atoms with E-state index in [2.05, 4.69) is 9.63 Å². The molecule has 0 saturated carbocycles. The molecule has 26 heavy (non-hydrogen) atoms. The van der Waals surface area contributed by atoms with Crippen molar-refractivity contribution in [1.82, 2.24) is 0 Å². The largest absolute Gasteiger partial charge is 1.00 e. The average Bonchev–Trinajstić information content (AvgIpc) is 2.53. The van der Waals surface area contributed by atoms with E-state index in [1.54, 1.807) is 24.3 Å². The van der Waals surface area contributed by atoms with E-state index in [9.17, 15) is 17.8 Å². The minimum atomic E-state index is -4.65. The van der Waals surface area contributed by atoms with Crippen LogP contribution in [0.3, 0.4) is 0 Å². The molecule has 0 amide bonds. The molecule has 1 aromatic rings. The fraction of sp³-hybridized carbons (Fsp3) is 0.500. The summed E-state index contributed by atoms with van der Waals surface area (Å²) in [5.74, 6) is -0.933. The van der Waals surface area contributed by atoms with E-state index >= 15 is 0 Å². The Labute approximate surface area is 175 Å². The van der Waals surface area contributed by atoms with E-state index in [0.29, 0.717) is 18.7 Å². The molecule has 0 radical (unpaired) electrons. The van der Waals surface area contributed by atoms with Crippen LogP contribution in [0.15, 0.2) is 33.9 Å². The van der Waals surface area contributed by atoms with Crippen LogP contribution in [0.25, 0.3) is 0 Å². The quantitative estimate of drug-likeness (QED) is 0.192. The van der Waals surface area contributed by atoms with E-state index < -0.39 is 22.3 Å². The summed E-state index contributed by atoms with van der Waals surface area (Å²) in [5.41, 5.74) is 11.7. The van der Waals surface area contributed by atoms with Crippen LogP contribution in [0.2, 0.25) is 0 Å². The van der Waals surface area contributed by atoms with Gasteiger partial charge in [-0.1, -0.05) is 10.9 Å². The van der Waals surface area contributed by atoms with Crippen LogP contribution in [-0.2, 0) is 15.1 Å². The van der Waals surface area contributed by atoms with Gasteiger partial charge >= 0.3 is 35.5 Å². The summed E-state index contributed by atoms with van der Waals surface area (Å²) < 4.78 is 33.1. The SMILES string of the molecule is CN(C)c1ccc(N=NS(=O)(=O)[O-])cc1.NCCCC[C@H](N)C(=O)O.[Na+]. The topological polar surface area (TPSA) is 174 Å². The van der Waals surface area contributed by atoms with E-state index in [1.807, 2.05) is 19.0 Å². The molecule has 0 aromatic heterocycles. The van der Waals surface area contributed by atoms with Gasteiger partial charge in [-0.3, -0.25) is 4.79 Å². The number of aliphatic carboxylic acids is 1. The Morgan fingerprint density at radius 2 is 1.81 bits per heavy atom. The molecule has 10 nitrogen and oxygen atoms in total. The maximum Gasteiger partial charge on any atom is 1.00 e. The summed E-state index contributed by atoms with van der Waals surface area (Å²) in [6, 6.07) is 5.91. The number of rotatable bonds is 8. The van der Waals surface area contributed by atoms with Gasteiger partial charge in [0, 0.05) is 19.8 Å². The molecule has 0 aliphatic heterocycles. The van der Waals surface area contributed by atoms with Crippen molar-refractivity contribution in [2.45, 2.75) is 25.3 Å². The van der Waals surface area contributed by atoms with Crippen molar-refractivity contribution < 1.29 is 52.4 Å². The van der Waals surface area contributed by atoms with Crippen LogP contribution < -0.4 is 45.9 Å². The Morgan fingerprint density at radius 1 is 1.27 bits per heavy atom.